The van der Waals surface area contributed by atoms with Crippen LogP contribution in [0.15, 0.2) is 10.7 Å². The Morgan fingerprint density at radius 1 is 1.47 bits per heavy atom. The largest absolute Gasteiger partial charge is 0.448 e. The van der Waals surface area contributed by atoms with E-state index in [0.29, 0.717) is 0 Å². The molecule has 0 saturated heterocycles. The molecule has 2 N–H and O–H groups in total. The summed E-state index contributed by atoms with van der Waals surface area (Å²) < 4.78 is 5.60. The second-order valence-electron chi connectivity index (χ2n) is 4.80. The number of aryl methyl sites for hydroxylation is 1. The first-order valence-electron chi connectivity index (χ1n) is 5.89. The molecule has 15 heavy (non-hydrogen) atoms. The van der Waals surface area contributed by atoms with Crippen LogP contribution < -0.4 is 5.73 Å². The van der Waals surface area contributed by atoms with Crippen LogP contribution in [0.25, 0.3) is 0 Å². The molecule has 3 nitrogen and oxygen atoms in total. The van der Waals surface area contributed by atoms with E-state index >= 15 is 0 Å². The van der Waals surface area contributed by atoms with Gasteiger partial charge in [0, 0.05) is 5.41 Å². The molecule has 0 bridgehead atoms. The Bertz CT molecular complexity index is 313. The normalized spacial score (nSPS) is 19.6. The summed E-state index contributed by atoms with van der Waals surface area (Å²) in [5, 5.41) is 0. The predicted octanol–water partition coefficient (Wildman–Crippen LogP) is 2.40. The van der Waals surface area contributed by atoms with Crippen molar-refractivity contribution in [2.24, 2.45) is 5.73 Å². The summed E-state index contributed by atoms with van der Waals surface area (Å²) >= 11 is 0. The molecule has 0 amide bonds. The topological polar surface area (TPSA) is 52.0 Å². The summed E-state index contributed by atoms with van der Waals surface area (Å²) in [6.45, 7) is 2.98. The third kappa shape index (κ3) is 2.23. The second kappa shape index (κ2) is 4.35. The quantitative estimate of drug-likeness (QED) is 0.826. The zero-order valence-corrected chi connectivity index (χ0v) is 9.46. The van der Waals surface area contributed by atoms with Crippen LogP contribution in [-0.2, 0) is 11.8 Å². The number of hydrogen-bond donors (Lipinski definition) is 1. The van der Waals surface area contributed by atoms with Crippen LogP contribution in [0, 0.1) is 0 Å². The van der Waals surface area contributed by atoms with Crippen LogP contribution in [0.3, 0.4) is 0 Å². The Kier molecular flexibility index (Phi) is 3.10. The third-order valence-electron chi connectivity index (χ3n) is 3.41. The molecule has 1 heterocycles. The summed E-state index contributed by atoms with van der Waals surface area (Å²) in [4.78, 5) is 4.58. The minimum atomic E-state index is 0.195. The van der Waals surface area contributed by atoms with E-state index in [-0.39, 0.29) is 5.41 Å². The van der Waals surface area contributed by atoms with Crippen LogP contribution in [0.5, 0.6) is 0 Å². The first-order chi connectivity index (χ1) is 7.24. The van der Waals surface area contributed by atoms with Crippen molar-refractivity contribution < 1.29 is 4.42 Å². The van der Waals surface area contributed by atoms with E-state index in [2.05, 4.69) is 11.9 Å². The highest BCUT2D eigenvalue weighted by Gasteiger charge is 2.34. The highest BCUT2D eigenvalue weighted by Crippen LogP contribution is 2.39. The number of oxazole rings is 1. The Morgan fingerprint density at radius 2 is 2.20 bits per heavy atom. The zero-order chi connectivity index (χ0) is 10.7. The lowest BCUT2D eigenvalue weighted by atomic mass is 9.89. The van der Waals surface area contributed by atoms with Crippen molar-refractivity contribution in [3.8, 4) is 0 Å². The van der Waals surface area contributed by atoms with Crippen molar-refractivity contribution in [3.63, 3.8) is 0 Å². The van der Waals surface area contributed by atoms with Crippen LogP contribution in [-0.4, -0.2) is 11.5 Å². The summed E-state index contributed by atoms with van der Waals surface area (Å²) in [5.74, 6) is 0.937. The molecule has 0 aromatic carbocycles. The Morgan fingerprint density at radius 3 is 2.87 bits per heavy atom. The zero-order valence-electron chi connectivity index (χ0n) is 9.46. The molecule has 1 aliphatic carbocycles. The van der Waals surface area contributed by atoms with E-state index in [1.165, 1.54) is 25.7 Å². The van der Waals surface area contributed by atoms with E-state index < -0.39 is 0 Å². The SMILES string of the molecule is CC1(c2nc(CCCN)co2)CCCC1. The fourth-order valence-electron chi connectivity index (χ4n) is 2.35. The van der Waals surface area contributed by atoms with Gasteiger partial charge in [-0.3, -0.25) is 0 Å². The minimum Gasteiger partial charge on any atom is -0.448 e. The van der Waals surface area contributed by atoms with Gasteiger partial charge < -0.3 is 10.2 Å². The van der Waals surface area contributed by atoms with E-state index in [9.17, 15) is 0 Å². The van der Waals surface area contributed by atoms with Crippen LogP contribution in [0.1, 0.15) is 50.6 Å². The Hall–Kier alpha value is -0.830. The van der Waals surface area contributed by atoms with E-state index in [1.54, 1.807) is 6.26 Å². The molecule has 1 aromatic heterocycles. The van der Waals surface area contributed by atoms with Gasteiger partial charge in [0.25, 0.3) is 0 Å². The van der Waals surface area contributed by atoms with Gasteiger partial charge in [-0.1, -0.05) is 19.8 Å². The molecular formula is C12H20N2O. The van der Waals surface area contributed by atoms with Crippen LogP contribution in [0.4, 0.5) is 0 Å². The maximum atomic E-state index is 5.60. The van der Waals surface area contributed by atoms with Gasteiger partial charge in [0.2, 0.25) is 0 Å². The lowest BCUT2D eigenvalue weighted by Crippen LogP contribution is -2.17. The predicted molar refractivity (Wildman–Crippen MR) is 59.7 cm³/mol. The summed E-state index contributed by atoms with van der Waals surface area (Å²) in [6, 6.07) is 0. The van der Waals surface area contributed by atoms with E-state index in [4.69, 9.17) is 10.2 Å². The van der Waals surface area contributed by atoms with Crippen molar-refractivity contribution in [1.82, 2.24) is 4.98 Å². The summed E-state index contributed by atoms with van der Waals surface area (Å²) in [5.41, 5.74) is 6.73. The van der Waals surface area contributed by atoms with Gasteiger partial charge in [-0.25, -0.2) is 4.98 Å². The van der Waals surface area contributed by atoms with Gasteiger partial charge >= 0.3 is 0 Å². The fourth-order valence-corrected chi connectivity index (χ4v) is 2.35. The highest BCUT2D eigenvalue weighted by atomic mass is 16.3. The van der Waals surface area contributed by atoms with E-state index in [0.717, 1.165) is 31.0 Å². The molecule has 1 aromatic rings. The number of nitrogens with zero attached hydrogens (tertiary/aromatic N) is 1. The van der Waals surface area contributed by atoms with E-state index in [1.807, 2.05) is 0 Å². The molecule has 0 aliphatic heterocycles. The molecule has 1 saturated carbocycles. The van der Waals surface area contributed by atoms with Gasteiger partial charge in [-0.15, -0.1) is 0 Å². The standard InChI is InChI=1S/C12H20N2O/c1-12(6-2-3-7-12)11-14-10(9-15-11)5-4-8-13/h9H,2-8,13H2,1H3. The van der Waals surface area contributed by atoms with Crippen molar-refractivity contribution in [1.29, 1.82) is 0 Å². The first kappa shape index (κ1) is 10.7. The molecule has 0 radical (unpaired) electrons. The molecule has 84 valence electrons. The molecule has 0 atom stereocenters. The van der Waals surface area contributed by atoms with Gasteiger partial charge in [-0.2, -0.15) is 0 Å². The highest BCUT2D eigenvalue weighted by molar-refractivity contribution is 5.09. The average molecular weight is 208 g/mol. The monoisotopic (exact) mass is 208 g/mol. The second-order valence-corrected chi connectivity index (χ2v) is 4.80. The number of rotatable bonds is 4. The molecular weight excluding hydrogens is 188 g/mol. The number of nitrogens with two attached hydrogens (primary N) is 1. The van der Waals surface area contributed by atoms with Crippen molar-refractivity contribution in [3.05, 3.63) is 17.8 Å². The maximum absolute atomic E-state index is 5.60. The summed E-state index contributed by atoms with van der Waals surface area (Å²) in [6.07, 6.45) is 8.76. The molecule has 1 aliphatic rings. The first-order valence-corrected chi connectivity index (χ1v) is 5.89. The molecule has 1 fully saturated rings. The van der Waals surface area contributed by atoms with Crippen molar-refractivity contribution in [2.75, 3.05) is 6.54 Å². The number of aromatic nitrogens is 1. The number of hydrogen-bond acceptors (Lipinski definition) is 3. The summed E-state index contributed by atoms with van der Waals surface area (Å²) in [7, 11) is 0. The average Bonchev–Trinajstić information content (AvgIpc) is 2.84. The Balaban J connectivity index is 2.05. The smallest absolute Gasteiger partial charge is 0.200 e. The Labute approximate surface area is 91.1 Å². The lowest BCUT2D eigenvalue weighted by molar-refractivity contribution is 0.351. The van der Waals surface area contributed by atoms with Gasteiger partial charge in [-0.05, 0) is 32.2 Å². The maximum Gasteiger partial charge on any atom is 0.200 e. The molecule has 0 spiro atoms. The van der Waals surface area contributed by atoms with Crippen LogP contribution >= 0.6 is 0 Å². The third-order valence-corrected chi connectivity index (χ3v) is 3.41. The van der Waals surface area contributed by atoms with Crippen molar-refractivity contribution in [2.45, 2.75) is 50.9 Å². The molecule has 2 rings (SSSR count). The fraction of sp³-hybridized carbons (Fsp3) is 0.750. The van der Waals surface area contributed by atoms with Crippen molar-refractivity contribution >= 4 is 0 Å². The van der Waals surface area contributed by atoms with Gasteiger partial charge in [0.1, 0.15) is 6.26 Å². The lowest BCUT2D eigenvalue weighted by Gasteiger charge is -2.18. The van der Waals surface area contributed by atoms with Gasteiger partial charge in [0.05, 0.1) is 5.69 Å². The van der Waals surface area contributed by atoms with Crippen LogP contribution in [0.2, 0.25) is 0 Å². The molecule has 0 unspecified atom stereocenters. The minimum absolute atomic E-state index is 0.195. The van der Waals surface area contributed by atoms with Gasteiger partial charge in [0.15, 0.2) is 5.89 Å². The molecule has 3 heteroatoms.